The Morgan fingerprint density at radius 2 is 1.48 bits per heavy atom. The van der Waals surface area contributed by atoms with E-state index in [1.807, 2.05) is 0 Å². The molecule has 0 fully saturated rings. The summed E-state index contributed by atoms with van der Waals surface area (Å²) in [4.78, 5) is 0. The van der Waals surface area contributed by atoms with Gasteiger partial charge in [0.15, 0.2) is 0 Å². The van der Waals surface area contributed by atoms with Crippen LogP contribution >= 0.6 is 0 Å². The number of rotatable bonds is 2. The molecule has 25 heavy (non-hydrogen) atoms. The summed E-state index contributed by atoms with van der Waals surface area (Å²) in [5, 5.41) is 5.32. The van der Waals surface area contributed by atoms with Crippen LogP contribution in [0.1, 0.15) is 24.5 Å². The lowest BCUT2D eigenvalue weighted by molar-refractivity contribution is 1.04. The molecule has 0 nitrogen and oxygen atoms in total. The zero-order valence-corrected chi connectivity index (χ0v) is 14.4. The Labute approximate surface area is 148 Å². The van der Waals surface area contributed by atoms with E-state index >= 15 is 0 Å². The van der Waals surface area contributed by atoms with Gasteiger partial charge < -0.3 is 0 Å². The Morgan fingerprint density at radius 3 is 2.40 bits per heavy atom. The highest BCUT2D eigenvalue weighted by Gasteiger charge is 2.17. The molecule has 4 aromatic carbocycles. The molecule has 5 rings (SSSR count). The fraction of sp³-hybridized carbons (Fsp3) is 0.120. The van der Waals surface area contributed by atoms with Gasteiger partial charge in [-0.15, -0.1) is 0 Å². The van der Waals surface area contributed by atoms with Crippen LogP contribution in [-0.4, -0.2) is 0 Å². The second-order valence-corrected chi connectivity index (χ2v) is 6.90. The summed E-state index contributed by atoms with van der Waals surface area (Å²) in [5.74, 6) is 0. The highest BCUT2D eigenvalue weighted by molar-refractivity contribution is 6.12. The number of fused-ring (bicyclic) bond motifs is 4. The average molecular weight is 320 g/mol. The van der Waals surface area contributed by atoms with Crippen molar-refractivity contribution in [1.82, 2.24) is 0 Å². The number of allylic oxidation sites excluding steroid dienone is 1. The van der Waals surface area contributed by atoms with E-state index in [0.717, 1.165) is 12.8 Å². The summed E-state index contributed by atoms with van der Waals surface area (Å²) < 4.78 is 0. The van der Waals surface area contributed by atoms with E-state index in [9.17, 15) is 0 Å². The van der Waals surface area contributed by atoms with Crippen LogP contribution in [0.2, 0.25) is 0 Å². The Balaban J connectivity index is 1.82. The van der Waals surface area contributed by atoms with Gasteiger partial charge in [-0.05, 0) is 56.6 Å². The van der Waals surface area contributed by atoms with E-state index in [1.54, 1.807) is 0 Å². The van der Waals surface area contributed by atoms with Crippen LogP contribution < -0.4 is 0 Å². The quantitative estimate of drug-likeness (QED) is 0.348. The van der Waals surface area contributed by atoms with Gasteiger partial charge in [-0.2, -0.15) is 0 Å². The lowest BCUT2D eigenvalue weighted by Crippen LogP contribution is -1.89. The molecule has 0 heteroatoms. The summed E-state index contributed by atoms with van der Waals surface area (Å²) in [6.45, 7) is 2.25. The third-order valence-electron chi connectivity index (χ3n) is 5.49. The third kappa shape index (κ3) is 2.21. The van der Waals surface area contributed by atoms with Gasteiger partial charge in [-0.25, -0.2) is 0 Å². The predicted molar refractivity (Wildman–Crippen MR) is 109 cm³/mol. The SMILES string of the molecule is CCC1=Cc2c(cccc2-c2cccc3c2ccc2ccccc23)C1. The second kappa shape index (κ2) is 5.60. The van der Waals surface area contributed by atoms with Crippen molar-refractivity contribution in [2.24, 2.45) is 0 Å². The van der Waals surface area contributed by atoms with E-state index in [-0.39, 0.29) is 0 Å². The van der Waals surface area contributed by atoms with Gasteiger partial charge >= 0.3 is 0 Å². The van der Waals surface area contributed by atoms with Gasteiger partial charge in [0.05, 0.1) is 0 Å². The van der Waals surface area contributed by atoms with Crippen molar-refractivity contribution >= 4 is 27.6 Å². The van der Waals surface area contributed by atoms with Crippen LogP contribution in [0.4, 0.5) is 0 Å². The second-order valence-electron chi connectivity index (χ2n) is 6.90. The van der Waals surface area contributed by atoms with Gasteiger partial charge in [0.2, 0.25) is 0 Å². The highest BCUT2D eigenvalue weighted by atomic mass is 14.2. The van der Waals surface area contributed by atoms with E-state index in [1.165, 1.54) is 49.4 Å². The van der Waals surface area contributed by atoms with Crippen LogP contribution in [0.3, 0.4) is 0 Å². The summed E-state index contributed by atoms with van der Waals surface area (Å²) in [6.07, 6.45) is 4.65. The molecular weight excluding hydrogens is 300 g/mol. The van der Waals surface area contributed by atoms with E-state index in [4.69, 9.17) is 0 Å². The highest BCUT2D eigenvalue weighted by Crippen LogP contribution is 2.39. The van der Waals surface area contributed by atoms with Crippen molar-refractivity contribution in [3.8, 4) is 11.1 Å². The summed E-state index contributed by atoms with van der Waals surface area (Å²) in [7, 11) is 0. The van der Waals surface area contributed by atoms with Crippen molar-refractivity contribution in [2.75, 3.05) is 0 Å². The first-order valence-corrected chi connectivity index (χ1v) is 9.07. The van der Waals surface area contributed by atoms with Crippen molar-refractivity contribution in [3.05, 3.63) is 89.5 Å². The molecule has 120 valence electrons. The van der Waals surface area contributed by atoms with E-state index in [0.29, 0.717) is 0 Å². The summed E-state index contributed by atoms with van der Waals surface area (Å²) in [5.41, 5.74) is 7.12. The molecule has 0 radical (unpaired) electrons. The Kier molecular flexibility index (Phi) is 3.24. The maximum Gasteiger partial charge on any atom is -0.00577 e. The minimum absolute atomic E-state index is 1.10. The van der Waals surface area contributed by atoms with Gasteiger partial charge in [0, 0.05) is 0 Å². The maximum absolute atomic E-state index is 2.41. The molecule has 0 unspecified atom stereocenters. The topological polar surface area (TPSA) is 0 Å². The molecule has 0 N–H and O–H groups in total. The van der Waals surface area contributed by atoms with Gasteiger partial charge in [-0.3, -0.25) is 0 Å². The Morgan fingerprint density at radius 1 is 0.680 bits per heavy atom. The van der Waals surface area contributed by atoms with Crippen molar-refractivity contribution in [3.63, 3.8) is 0 Å². The lowest BCUT2D eigenvalue weighted by Gasteiger charge is -2.12. The Bertz CT molecular complexity index is 1150. The van der Waals surface area contributed by atoms with Crippen LogP contribution in [0.5, 0.6) is 0 Å². The van der Waals surface area contributed by atoms with Crippen LogP contribution in [-0.2, 0) is 6.42 Å². The summed E-state index contributed by atoms with van der Waals surface area (Å²) >= 11 is 0. The molecule has 0 bridgehead atoms. The molecule has 1 aliphatic carbocycles. The standard InChI is InChI=1S/C25H20/c1-2-17-15-19-8-5-10-23(25(19)16-17)22-12-6-11-21-20-9-4-3-7-18(20)13-14-24(21)22/h3-14,16H,2,15H2,1H3. The predicted octanol–water partition coefficient (Wildman–Crippen LogP) is 7.01. The number of hydrogen-bond donors (Lipinski definition) is 0. The zero-order valence-electron chi connectivity index (χ0n) is 14.4. The first kappa shape index (κ1) is 14.5. The molecule has 0 amide bonds. The molecule has 4 aromatic rings. The number of hydrogen-bond acceptors (Lipinski definition) is 0. The fourth-order valence-corrected chi connectivity index (χ4v) is 4.17. The van der Waals surface area contributed by atoms with Gasteiger partial charge in [-0.1, -0.05) is 91.4 Å². The smallest absolute Gasteiger partial charge is 0.00577 e. The zero-order chi connectivity index (χ0) is 16.8. The van der Waals surface area contributed by atoms with Crippen LogP contribution in [0.25, 0.3) is 38.7 Å². The minimum atomic E-state index is 1.10. The van der Waals surface area contributed by atoms with E-state index in [2.05, 4.69) is 85.8 Å². The molecule has 0 atom stereocenters. The molecular formula is C25H20. The lowest BCUT2D eigenvalue weighted by atomic mass is 9.91. The molecule has 0 aliphatic heterocycles. The normalized spacial score (nSPS) is 13.2. The van der Waals surface area contributed by atoms with Gasteiger partial charge in [0.1, 0.15) is 0 Å². The van der Waals surface area contributed by atoms with Crippen molar-refractivity contribution in [1.29, 1.82) is 0 Å². The van der Waals surface area contributed by atoms with E-state index < -0.39 is 0 Å². The molecule has 1 aliphatic rings. The van der Waals surface area contributed by atoms with Crippen molar-refractivity contribution < 1.29 is 0 Å². The molecule has 0 spiro atoms. The maximum atomic E-state index is 2.41. The number of benzene rings is 4. The van der Waals surface area contributed by atoms with Crippen LogP contribution in [0.15, 0.2) is 78.4 Å². The first-order chi connectivity index (χ1) is 12.3. The average Bonchev–Trinajstić information content (AvgIpc) is 3.11. The summed E-state index contributed by atoms with van der Waals surface area (Å²) in [6, 6.07) is 26.7. The van der Waals surface area contributed by atoms with Crippen LogP contribution in [0, 0.1) is 0 Å². The Hall–Kier alpha value is -2.86. The molecule has 0 aromatic heterocycles. The molecule has 0 saturated carbocycles. The fourth-order valence-electron chi connectivity index (χ4n) is 4.17. The molecule has 0 saturated heterocycles. The largest absolute Gasteiger partial charge is 0.0655 e. The molecule has 0 heterocycles. The first-order valence-electron chi connectivity index (χ1n) is 9.07. The third-order valence-corrected chi connectivity index (χ3v) is 5.49. The monoisotopic (exact) mass is 320 g/mol. The minimum Gasteiger partial charge on any atom is -0.0655 e. The van der Waals surface area contributed by atoms with Crippen molar-refractivity contribution in [2.45, 2.75) is 19.8 Å². The van der Waals surface area contributed by atoms with Gasteiger partial charge in [0.25, 0.3) is 0 Å².